The van der Waals surface area contributed by atoms with Crippen LogP contribution in [0.4, 0.5) is 4.39 Å². The van der Waals surface area contributed by atoms with Crippen molar-refractivity contribution in [3.05, 3.63) is 90.0 Å². The van der Waals surface area contributed by atoms with Crippen LogP contribution in [0.15, 0.2) is 72.9 Å². The minimum Gasteiger partial charge on any atom is -0.394 e. The maximum Gasteiger partial charge on any atom is 0.242 e. The number of pyridine rings is 1. The first-order valence-corrected chi connectivity index (χ1v) is 11.0. The van der Waals surface area contributed by atoms with Crippen molar-refractivity contribution >= 4 is 11.8 Å². The zero-order chi connectivity index (χ0) is 22.9. The molecule has 2 amide bonds. The Balaban J connectivity index is 1.34. The summed E-state index contributed by atoms with van der Waals surface area (Å²) >= 11 is 0. The zero-order valence-corrected chi connectivity index (χ0v) is 18.0. The minimum absolute atomic E-state index is 0.0227. The molecular weight excluding hydrogens is 421 g/mol. The number of nitrogens with zero attached hydrogens (tertiary/aromatic N) is 3. The Morgan fingerprint density at radius 1 is 1.03 bits per heavy atom. The molecular formula is C26H24FN3O3. The number of hydrogen-bond acceptors (Lipinski definition) is 4. The standard InChI is InChI=1S/C26H24FN3O3/c27-20-10-8-18(9-11-20)17-4-6-19(7-5-17)26-22-14-29(15-25(33)30(22)23(26)16-31)24(32)13-21-3-1-2-12-28-21/h1-12,22-23,26,31H,13-16H2/t22-,23+,26+/m1/s1. The van der Waals surface area contributed by atoms with E-state index in [0.29, 0.717) is 12.2 Å². The van der Waals surface area contributed by atoms with Gasteiger partial charge in [0.05, 0.1) is 31.7 Å². The molecule has 3 atom stereocenters. The van der Waals surface area contributed by atoms with Crippen molar-refractivity contribution in [3.8, 4) is 11.1 Å². The number of halogens is 1. The molecule has 1 aromatic heterocycles. The van der Waals surface area contributed by atoms with Gasteiger partial charge in [-0.05, 0) is 41.0 Å². The fourth-order valence-electron chi connectivity index (χ4n) is 5.00. The monoisotopic (exact) mass is 445 g/mol. The number of rotatable bonds is 5. The molecule has 3 aromatic rings. The number of aliphatic hydroxyl groups is 1. The molecule has 2 aliphatic heterocycles. The van der Waals surface area contributed by atoms with Crippen LogP contribution in [0, 0.1) is 5.82 Å². The summed E-state index contributed by atoms with van der Waals surface area (Å²) < 4.78 is 13.2. The van der Waals surface area contributed by atoms with Gasteiger partial charge < -0.3 is 14.9 Å². The number of carbonyl (C=O) groups excluding carboxylic acids is 2. The summed E-state index contributed by atoms with van der Waals surface area (Å²) in [6.07, 6.45) is 1.80. The number of piperazine rings is 1. The normalized spacial score (nSPS) is 22.0. The lowest BCUT2D eigenvalue weighted by atomic mass is 9.73. The van der Waals surface area contributed by atoms with Crippen LogP contribution < -0.4 is 0 Å². The van der Waals surface area contributed by atoms with Gasteiger partial charge in [0.2, 0.25) is 11.8 Å². The number of aromatic nitrogens is 1. The molecule has 168 valence electrons. The van der Waals surface area contributed by atoms with Crippen molar-refractivity contribution in [3.63, 3.8) is 0 Å². The van der Waals surface area contributed by atoms with E-state index in [1.807, 2.05) is 30.3 Å². The lowest BCUT2D eigenvalue weighted by molar-refractivity contribution is -0.166. The molecule has 2 fully saturated rings. The molecule has 0 spiro atoms. The highest BCUT2D eigenvalue weighted by molar-refractivity contribution is 5.88. The van der Waals surface area contributed by atoms with E-state index in [4.69, 9.17) is 0 Å². The molecule has 2 aromatic carbocycles. The van der Waals surface area contributed by atoms with Crippen LogP contribution in [-0.4, -0.2) is 63.5 Å². The van der Waals surface area contributed by atoms with Gasteiger partial charge in [-0.2, -0.15) is 0 Å². The summed E-state index contributed by atoms with van der Waals surface area (Å²) in [5.41, 5.74) is 3.55. The SMILES string of the molecule is O=C(Cc1ccccn1)N1CC(=O)N2[C@H](C1)[C@H](c1ccc(-c3ccc(F)cc3)cc1)[C@@H]2CO. The van der Waals surface area contributed by atoms with Crippen LogP contribution in [0.1, 0.15) is 17.2 Å². The highest BCUT2D eigenvalue weighted by Gasteiger charge is 2.54. The second-order valence-electron chi connectivity index (χ2n) is 8.55. The van der Waals surface area contributed by atoms with Crippen molar-refractivity contribution in [1.29, 1.82) is 0 Å². The smallest absolute Gasteiger partial charge is 0.242 e. The van der Waals surface area contributed by atoms with Crippen LogP contribution in [0.5, 0.6) is 0 Å². The lowest BCUT2D eigenvalue weighted by Gasteiger charge is -2.58. The Labute approximate surface area is 191 Å². The van der Waals surface area contributed by atoms with Gasteiger partial charge in [-0.1, -0.05) is 42.5 Å². The van der Waals surface area contributed by atoms with Crippen molar-refractivity contribution in [2.75, 3.05) is 19.7 Å². The second-order valence-corrected chi connectivity index (χ2v) is 8.55. The predicted molar refractivity (Wildman–Crippen MR) is 121 cm³/mol. The van der Waals surface area contributed by atoms with E-state index in [9.17, 15) is 19.1 Å². The summed E-state index contributed by atoms with van der Waals surface area (Å²) in [5, 5.41) is 9.98. The lowest BCUT2D eigenvalue weighted by Crippen LogP contribution is -2.73. The Kier molecular flexibility index (Phi) is 5.64. The third-order valence-electron chi connectivity index (χ3n) is 6.64. The largest absolute Gasteiger partial charge is 0.394 e. The molecule has 0 unspecified atom stereocenters. The predicted octanol–water partition coefficient (Wildman–Crippen LogP) is 2.63. The van der Waals surface area contributed by atoms with Gasteiger partial charge in [0.25, 0.3) is 0 Å². The average molecular weight is 445 g/mol. The van der Waals surface area contributed by atoms with Crippen LogP contribution in [0.2, 0.25) is 0 Å². The van der Waals surface area contributed by atoms with E-state index in [1.165, 1.54) is 12.1 Å². The Bertz CT molecular complexity index is 1150. The molecule has 0 radical (unpaired) electrons. The summed E-state index contributed by atoms with van der Waals surface area (Å²) in [6, 6.07) is 19.2. The first-order chi connectivity index (χ1) is 16.0. The van der Waals surface area contributed by atoms with E-state index >= 15 is 0 Å². The second kappa shape index (κ2) is 8.75. The third-order valence-corrected chi connectivity index (χ3v) is 6.64. The van der Waals surface area contributed by atoms with Crippen molar-refractivity contribution in [2.45, 2.75) is 24.4 Å². The topological polar surface area (TPSA) is 73.7 Å². The summed E-state index contributed by atoms with van der Waals surface area (Å²) in [4.78, 5) is 33.2. The number of hydrogen-bond donors (Lipinski definition) is 1. The summed E-state index contributed by atoms with van der Waals surface area (Å²) in [7, 11) is 0. The molecule has 1 N–H and O–H groups in total. The number of fused-ring (bicyclic) bond motifs is 1. The van der Waals surface area contributed by atoms with Gasteiger partial charge in [-0.25, -0.2) is 4.39 Å². The maximum atomic E-state index is 13.2. The van der Waals surface area contributed by atoms with Crippen LogP contribution in [-0.2, 0) is 16.0 Å². The van der Waals surface area contributed by atoms with Crippen LogP contribution in [0.25, 0.3) is 11.1 Å². The molecule has 33 heavy (non-hydrogen) atoms. The molecule has 2 aliphatic rings. The van der Waals surface area contributed by atoms with E-state index in [1.54, 1.807) is 40.3 Å². The molecule has 0 bridgehead atoms. The maximum absolute atomic E-state index is 13.2. The van der Waals surface area contributed by atoms with E-state index in [2.05, 4.69) is 4.98 Å². The van der Waals surface area contributed by atoms with Crippen LogP contribution >= 0.6 is 0 Å². The minimum atomic E-state index is -0.299. The van der Waals surface area contributed by atoms with Gasteiger partial charge in [-0.3, -0.25) is 14.6 Å². The average Bonchev–Trinajstić information content (AvgIpc) is 2.82. The van der Waals surface area contributed by atoms with Gasteiger partial charge in [0.1, 0.15) is 5.82 Å². The highest BCUT2D eigenvalue weighted by Crippen LogP contribution is 2.43. The Morgan fingerprint density at radius 2 is 1.73 bits per heavy atom. The number of benzene rings is 2. The first kappa shape index (κ1) is 21.3. The fraction of sp³-hybridized carbons (Fsp3) is 0.269. The summed E-state index contributed by atoms with van der Waals surface area (Å²) in [5.74, 6) is -0.607. The van der Waals surface area contributed by atoms with Gasteiger partial charge in [0, 0.05) is 24.4 Å². The zero-order valence-electron chi connectivity index (χ0n) is 18.0. The Hall–Kier alpha value is -3.58. The molecule has 3 heterocycles. The number of carbonyl (C=O) groups is 2. The molecule has 0 saturated carbocycles. The summed E-state index contributed by atoms with van der Waals surface area (Å²) in [6.45, 7) is 0.321. The molecule has 2 saturated heterocycles. The number of amides is 2. The fourth-order valence-corrected chi connectivity index (χ4v) is 5.00. The van der Waals surface area contributed by atoms with E-state index in [-0.39, 0.29) is 55.2 Å². The van der Waals surface area contributed by atoms with Gasteiger partial charge in [-0.15, -0.1) is 0 Å². The first-order valence-electron chi connectivity index (χ1n) is 11.0. The Morgan fingerprint density at radius 3 is 2.36 bits per heavy atom. The van der Waals surface area contributed by atoms with Gasteiger partial charge >= 0.3 is 0 Å². The molecule has 5 rings (SSSR count). The van der Waals surface area contributed by atoms with Crippen LogP contribution in [0.3, 0.4) is 0 Å². The molecule has 0 aliphatic carbocycles. The molecule has 7 heteroatoms. The van der Waals surface area contributed by atoms with Crippen molar-refractivity contribution < 1.29 is 19.1 Å². The van der Waals surface area contributed by atoms with E-state index < -0.39 is 0 Å². The highest BCUT2D eigenvalue weighted by atomic mass is 19.1. The third kappa shape index (κ3) is 4.00. The van der Waals surface area contributed by atoms with Gasteiger partial charge in [0.15, 0.2) is 0 Å². The van der Waals surface area contributed by atoms with Crippen molar-refractivity contribution in [1.82, 2.24) is 14.8 Å². The van der Waals surface area contributed by atoms with Crippen molar-refractivity contribution in [2.24, 2.45) is 0 Å². The molecule has 6 nitrogen and oxygen atoms in total. The number of aliphatic hydroxyl groups excluding tert-OH is 1. The van der Waals surface area contributed by atoms with E-state index in [0.717, 1.165) is 16.7 Å². The quantitative estimate of drug-likeness (QED) is 0.655.